The molecule has 3 nitrogen and oxygen atoms in total. The van der Waals surface area contributed by atoms with Crippen LogP contribution in [-0.2, 0) is 6.42 Å². The Morgan fingerprint density at radius 3 is 3.00 bits per heavy atom. The van der Waals surface area contributed by atoms with Crippen molar-refractivity contribution in [2.24, 2.45) is 0 Å². The molecule has 1 saturated heterocycles. The molecule has 0 N–H and O–H groups in total. The third kappa shape index (κ3) is 1.70. The molecule has 0 amide bonds. The van der Waals surface area contributed by atoms with E-state index >= 15 is 0 Å². The zero-order valence-electron chi connectivity index (χ0n) is 9.03. The van der Waals surface area contributed by atoms with Gasteiger partial charge in [0.2, 0.25) is 0 Å². The number of thioether (sulfide) groups is 1. The van der Waals surface area contributed by atoms with Crippen LogP contribution in [0, 0.1) is 0 Å². The van der Waals surface area contributed by atoms with E-state index in [9.17, 15) is 0 Å². The van der Waals surface area contributed by atoms with E-state index in [4.69, 9.17) is 4.52 Å². The first-order valence-corrected chi connectivity index (χ1v) is 6.63. The van der Waals surface area contributed by atoms with Crippen LogP contribution in [-0.4, -0.2) is 35.9 Å². The summed E-state index contributed by atoms with van der Waals surface area (Å²) < 4.78 is 5.40. The number of fused-ring (bicyclic) bond motifs is 1. The van der Waals surface area contributed by atoms with Gasteiger partial charge in [-0.05, 0) is 33.0 Å². The standard InChI is InChI=1S/C11H16N2OS/c1-13-5-2-8(3-6-13)10-11-9(14-12-10)4-7-15-11/h8H,2-7H2,1H3. The third-order valence-corrected chi connectivity index (χ3v) is 4.55. The minimum Gasteiger partial charge on any atom is -0.360 e. The molecule has 0 bridgehead atoms. The predicted molar refractivity (Wildman–Crippen MR) is 60.4 cm³/mol. The van der Waals surface area contributed by atoms with Gasteiger partial charge in [0, 0.05) is 18.1 Å². The van der Waals surface area contributed by atoms with E-state index in [1.807, 2.05) is 11.8 Å². The summed E-state index contributed by atoms with van der Waals surface area (Å²) in [7, 11) is 2.19. The van der Waals surface area contributed by atoms with Crippen LogP contribution in [0.25, 0.3) is 0 Å². The van der Waals surface area contributed by atoms with Crippen molar-refractivity contribution in [1.82, 2.24) is 10.1 Å². The van der Waals surface area contributed by atoms with E-state index in [0.717, 1.165) is 12.2 Å². The molecule has 0 unspecified atom stereocenters. The lowest BCUT2D eigenvalue weighted by atomic mass is 9.93. The second kappa shape index (κ2) is 3.83. The van der Waals surface area contributed by atoms with Crippen LogP contribution in [0.1, 0.15) is 30.2 Å². The van der Waals surface area contributed by atoms with Gasteiger partial charge in [-0.3, -0.25) is 0 Å². The average Bonchev–Trinajstić information content (AvgIpc) is 2.80. The number of nitrogens with zero attached hydrogens (tertiary/aromatic N) is 2. The Kier molecular flexibility index (Phi) is 2.48. The van der Waals surface area contributed by atoms with Crippen molar-refractivity contribution in [2.45, 2.75) is 30.1 Å². The second-order valence-corrected chi connectivity index (χ2v) is 5.60. The third-order valence-electron chi connectivity index (χ3n) is 3.42. The minimum absolute atomic E-state index is 0.638. The number of hydrogen-bond acceptors (Lipinski definition) is 4. The molecule has 0 atom stereocenters. The zero-order chi connectivity index (χ0) is 10.3. The maximum Gasteiger partial charge on any atom is 0.151 e. The van der Waals surface area contributed by atoms with Crippen molar-refractivity contribution in [3.63, 3.8) is 0 Å². The Morgan fingerprint density at radius 2 is 2.20 bits per heavy atom. The van der Waals surface area contributed by atoms with Crippen LogP contribution in [0.4, 0.5) is 0 Å². The van der Waals surface area contributed by atoms with Crippen LogP contribution in [0.3, 0.4) is 0 Å². The van der Waals surface area contributed by atoms with Crippen molar-refractivity contribution < 1.29 is 4.52 Å². The van der Waals surface area contributed by atoms with Gasteiger partial charge in [0.15, 0.2) is 5.76 Å². The fourth-order valence-corrected chi connectivity index (χ4v) is 3.58. The maximum atomic E-state index is 5.40. The zero-order valence-corrected chi connectivity index (χ0v) is 9.85. The molecular formula is C11H16N2OS. The number of rotatable bonds is 1. The molecule has 0 radical (unpaired) electrons. The van der Waals surface area contributed by atoms with Crippen molar-refractivity contribution in [1.29, 1.82) is 0 Å². The van der Waals surface area contributed by atoms with Gasteiger partial charge in [-0.1, -0.05) is 5.16 Å². The van der Waals surface area contributed by atoms with Crippen LogP contribution in [0.15, 0.2) is 9.42 Å². The molecule has 1 aromatic heterocycles. The molecule has 0 aromatic carbocycles. The maximum absolute atomic E-state index is 5.40. The summed E-state index contributed by atoms with van der Waals surface area (Å²) in [6, 6.07) is 0. The Hall–Kier alpha value is -0.480. The van der Waals surface area contributed by atoms with E-state index in [0.29, 0.717) is 5.92 Å². The smallest absolute Gasteiger partial charge is 0.151 e. The van der Waals surface area contributed by atoms with Gasteiger partial charge >= 0.3 is 0 Å². The SMILES string of the molecule is CN1CCC(c2noc3c2SCC3)CC1. The molecular weight excluding hydrogens is 208 g/mol. The Balaban J connectivity index is 1.81. The summed E-state index contributed by atoms with van der Waals surface area (Å²) in [6.45, 7) is 2.38. The van der Waals surface area contributed by atoms with Gasteiger partial charge in [-0.2, -0.15) is 0 Å². The van der Waals surface area contributed by atoms with E-state index < -0.39 is 0 Å². The largest absolute Gasteiger partial charge is 0.360 e. The molecule has 1 fully saturated rings. The lowest BCUT2D eigenvalue weighted by Crippen LogP contribution is -2.29. The number of piperidine rings is 1. The molecule has 3 rings (SSSR count). The number of likely N-dealkylation sites (tertiary alicyclic amines) is 1. The van der Waals surface area contributed by atoms with Crippen molar-refractivity contribution in [3.8, 4) is 0 Å². The molecule has 0 aliphatic carbocycles. The summed E-state index contributed by atoms with van der Waals surface area (Å²) >= 11 is 1.93. The number of aryl methyl sites for hydroxylation is 1. The lowest BCUT2D eigenvalue weighted by molar-refractivity contribution is 0.248. The highest BCUT2D eigenvalue weighted by atomic mass is 32.2. The highest BCUT2D eigenvalue weighted by Crippen LogP contribution is 2.40. The molecule has 0 saturated carbocycles. The van der Waals surface area contributed by atoms with Crippen LogP contribution in [0.2, 0.25) is 0 Å². The highest BCUT2D eigenvalue weighted by Gasteiger charge is 2.29. The van der Waals surface area contributed by atoms with Gasteiger partial charge in [0.05, 0.1) is 4.90 Å². The fourth-order valence-electron chi connectivity index (χ4n) is 2.43. The number of hydrogen-bond donors (Lipinski definition) is 0. The van der Waals surface area contributed by atoms with Crippen molar-refractivity contribution in [3.05, 3.63) is 11.5 Å². The van der Waals surface area contributed by atoms with Gasteiger partial charge in [0.25, 0.3) is 0 Å². The Bertz CT molecular complexity index is 355. The first-order valence-electron chi connectivity index (χ1n) is 5.64. The summed E-state index contributed by atoms with van der Waals surface area (Å²) in [5.41, 5.74) is 1.25. The Morgan fingerprint density at radius 1 is 1.40 bits per heavy atom. The molecule has 3 heterocycles. The summed E-state index contributed by atoms with van der Waals surface area (Å²) in [5.74, 6) is 2.95. The topological polar surface area (TPSA) is 29.3 Å². The van der Waals surface area contributed by atoms with E-state index in [-0.39, 0.29) is 0 Å². The van der Waals surface area contributed by atoms with Crippen molar-refractivity contribution >= 4 is 11.8 Å². The average molecular weight is 224 g/mol. The minimum atomic E-state index is 0.638. The molecule has 82 valence electrons. The van der Waals surface area contributed by atoms with Gasteiger partial charge in [0.1, 0.15) is 5.69 Å². The van der Waals surface area contributed by atoms with Gasteiger partial charge < -0.3 is 9.42 Å². The molecule has 0 spiro atoms. The van der Waals surface area contributed by atoms with Crippen LogP contribution >= 0.6 is 11.8 Å². The molecule has 1 aromatic rings. The number of aromatic nitrogens is 1. The van der Waals surface area contributed by atoms with Crippen molar-refractivity contribution in [2.75, 3.05) is 25.9 Å². The van der Waals surface area contributed by atoms with E-state index in [2.05, 4.69) is 17.1 Å². The molecule has 4 heteroatoms. The lowest BCUT2D eigenvalue weighted by Gasteiger charge is -2.27. The summed E-state index contributed by atoms with van der Waals surface area (Å²) in [4.78, 5) is 3.76. The fraction of sp³-hybridized carbons (Fsp3) is 0.727. The predicted octanol–water partition coefficient (Wildman–Crippen LogP) is 2.13. The monoisotopic (exact) mass is 224 g/mol. The first kappa shape index (κ1) is 9.73. The van der Waals surface area contributed by atoms with Crippen LogP contribution in [0.5, 0.6) is 0 Å². The second-order valence-electron chi connectivity index (χ2n) is 4.50. The molecule has 2 aliphatic heterocycles. The normalized spacial score (nSPS) is 23.3. The quantitative estimate of drug-likeness (QED) is 0.731. The first-order chi connectivity index (χ1) is 7.34. The summed E-state index contributed by atoms with van der Waals surface area (Å²) in [6.07, 6.45) is 3.53. The van der Waals surface area contributed by atoms with Gasteiger partial charge in [-0.15, -0.1) is 11.8 Å². The molecule has 2 aliphatic rings. The van der Waals surface area contributed by atoms with Crippen LogP contribution < -0.4 is 0 Å². The molecule has 15 heavy (non-hydrogen) atoms. The Labute approximate surface area is 94.2 Å². The van der Waals surface area contributed by atoms with E-state index in [1.54, 1.807) is 0 Å². The van der Waals surface area contributed by atoms with Gasteiger partial charge in [-0.25, -0.2) is 0 Å². The highest BCUT2D eigenvalue weighted by molar-refractivity contribution is 7.99. The van der Waals surface area contributed by atoms with E-state index in [1.165, 1.54) is 42.3 Å². The summed E-state index contributed by atoms with van der Waals surface area (Å²) in [5, 5.41) is 4.27.